The fourth-order valence-electron chi connectivity index (χ4n) is 1.99. The van der Waals surface area contributed by atoms with Crippen molar-refractivity contribution in [2.75, 3.05) is 19.6 Å². The maximum absolute atomic E-state index is 11.9. The summed E-state index contributed by atoms with van der Waals surface area (Å²) in [7, 11) is 0. The summed E-state index contributed by atoms with van der Waals surface area (Å²) >= 11 is 0. The van der Waals surface area contributed by atoms with E-state index < -0.39 is 12.6 Å². The van der Waals surface area contributed by atoms with Crippen molar-refractivity contribution in [2.24, 2.45) is 0 Å². The van der Waals surface area contributed by atoms with Gasteiger partial charge >= 0.3 is 6.18 Å². The minimum atomic E-state index is -4.06. The van der Waals surface area contributed by atoms with Crippen LogP contribution in [0.2, 0.25) is 0 Å². The molecule has 17 heavy (non-hydrogen) atoms. The molecule has 0 radical (unpaired) electrons. The largest absolute Gasteiger partial charge is 0.389 e. The van der Waals surface area contributed by atoms with Crippen molar-refractivity contribution < 1.29 is 18.0 Å². The first-order chi connectivity index (χ1) is 7.88. The Morgan fingerprint density at radius 2 is 1.94 bits per heavy atom. The summed E-state index contributed by atoms with van der Waals surface area (Å²) in [5, 5.41) is 3.12. The Balaban J connectivity index is 2.09. The first-order valence-corrected chi connectivity index (χ1v) is 5.94. The highest BCUT2D eigenvalue weighted by Crippen LogP contribution is 2.21. The molecule has 1 rings (SSSR count). The van der Waals surface area contributed by atoms with E-state index in [9.17, 15) is 18.0 Å². The summed E-state index contributed by atoms with van der Waals surface area (Å²) in [5.74, 6) is 0.0699. The Bertz CT molecular complexity index is 248. The molecule has 0 aromatic heterocycles. The van der Waals surface area contributed by atoms with E-state index in [-0.39, 0.29) is 18.4 Å². The van der Waals surface area contributed by atoms with Gasteiger partial charge in [-0.2, -0.15) is 13.2 Å². The van der Waals surface area contributed by atoms with Crippen LogP contribution in [0.5, 0.6) is 0 Å². The first kappa shape index (κ1) is 14.3. The van der Waals surface area contributed by atoms with Gasteiger partial charge in [-0.25, -0.2) is 0 Å². The van der Waals surface area contributed by atoms with Gasteiger partial charge in [0.15, 0.2) is 0 Å². The number of alkyl halides is 3. The van der Waals surface area contributed by atoms with Crippen LogP contribution in [0.15, 0.2) is 0 Å². The van der Waals surface area contributed by atoms with E-state index in [1.165, 1.54) is 6.92 Å². The van der Waals surface area contributed by atoms with Gasteiger partial charge in [-0.3, -0.25) is 4.79 Å². The highest BCUT2D eigenvalue weighted by molar-refractivity contribution is 5.73. The lowest BCUT2D eigenvalue weighted by Crippen LogP contribution is -2.44. The van der Waals surface area contributed by atoms with Gasteiger partial charge in [-0.15, -0.1) is 0 Å². The quantitative estimate of drug-likeness (QED) is 0.775. The van der Waals surface area contributed by atoms with Crippen molar-refractivity contribution in [3.05, 3.63) is 0 Å². The molecule has 1 heterocycles. The number of hydrogen-bond acceptors (Lipinski definition) is 2. The number of likely N-dealkylation sites (tertiary alicyclic amines) is 1. The molecule has 0 spiro atoms. The van der Waals surface area contributed by atoms with E-state index >= 15 is 0 Å². The van der Waals surface area contributed by atoms with Gasteiger partial charge in [0.25, 0.3) is 0 Å². The van der Waals surface area contributed by atoms with Crippen LogP contribution in [0.3, 0.4) is 0 Å². The van der Waals surface area contributed by atoms with Crippen LogP contribution in [0.1, 0.15) is 32.6 Å². The van der Waals surface area contributed by atoms with Crippen LogP contribution in [-0.2, 0) is 4.79 Å². The molecule has 1 fully saturated rings. The lowest BCUT2D eigenvalue weighted by molar-refractivity contribution is -0.135. The predicted molar refractivity (Wildman–Crippen MR) is 58.6 cm³/mol. The number of rotatable bonds is 4. The highest BCUT2D eigenvalue weighted by atomic mass is 19.4. The molecular formula is C11H19F3N2O. The number of nitrogens with zero attached hydrogens (tertiary/aromatic N) is 1. The van der Waals surface area contributed by atoms with Crippen molar-refractivity contribution in [3.63, 3.8) is 0 Å². The normalized spacial score (nSPS) is 18.5. The van der Waals surface area contributed by atoms with Gasteiger partial charge in [0.2, 0.25) is 5.91 Å². The zero-order valence-electron chi connectivity index (χ0n) is 10.0. The van der Waals surface area contributed by atoms with Crippen molar-refractivity contribution in [1.82, 2.24) is 10.2 Å². The first-order valence-electron chi connectivity index (χ1n) is 5.94. The monoisotopic (exact) mass is 252 g/mol. The maximum Gasteiger partial charge on any atom is 0.389 e. The Morgan fingerprint density at radius 3 is 2.41 bits per heavy atom. The van der Waals surface area contributed by atoms with E-state index in [1.807, 2.05) is 0 Å². The van der Waals surface area contributed by atoms with Gasteiger partial charge in [0.05, 0.1) is 0 Å². The summed E-state index contributed by atoms with van der Waals surface area (Å²) in [4.78, 5) is 12.8. The number of piperidine rings is 1. The van der Waals surface area contributed by atoms with Gasteiger partial charge < -0.3 is 10.2 Å². The summed E-state index contributed by atoms with van der Waals surface area (Å²) in [6.07, 6.45) is -3.01. The average molecular weight is 252 g/mol. The third kappa shape index (κ3) is 5.91. The number of halogens is 3. The molecular weight excluding hydrogens is 233 g/mol. The molecule has 0 bridgehead atoms. The van der Waals surface area contributed by atoms with Crippen LogP contribution in [0.25, 0.3) is 0 Å². The summed E-state index contributed by atoms with van der Waals surface area (Å²) in [6.45, 7) is 3.33. The molecule has 1 N–H and O–H groups in total. The zero-order chi connectivity index (χ0) is 12.9. The Hall–Kier alpha value is -0.780. The summed E-state index contributed by atoms with van der Waals surface area (Å²) in [6, 6.07) is 0.249. The summed E-state index contributed by atoms with van der Waals surface area (Å²) < 4.78 is 35.7. The fourth-order valence-corrected chi connectivity index (χ4v) is 1.99. The molecule has 100 valence electrons. The van der Waals surface area contributed by atoms with E-state index in [4.69, 9.17) is 0 Å². The molecule has 0 saturated carbocycles. The van der Waals surface area contributed by atoms with Crippen LogP contribution in [0.4, 0.5) is 13.2 Å². The SMILES string of the molecule is CC(=O)N1CCC(NCCCC(F)(F)F)CC1. The van der Waals surface area contributed by atoms with Crippen LogP contribution < -0.4 is 5.32 Å². The molecule has 1 saturated heterocycles. The molecule has 0 unspecified atom stereocenters. The molecule has 0 aromatic rings. The van der Waals surface area contributed by atoms with Crippen molar-refractivity contribution in [2.45, 2.75) is 44.8 Å². The maximum atomic E-state index is 11.9. The van der Waals surface area contributed by atoms with Crippen LogP contribution >= 0.6 is 0 Å². The molecule has 1 aliphatic rings. The lowest BCUT2D eigenvalue weighted by atomic mass is 10.0. The lowest BCUT2D eigenvalue weighted by Gasteiger charge is -2.31. The highest BCUT2D eigenvalue weighted by Gasteiger charge is 2.26. The number of carbonyl (C=O) groups is 1. The minimum Gasteiger partial charge on any atom is -0.343 e. The van der Waals surface area contributed by atoms with Gasteiger partial charge in [0.1, 0.15) is 0 Å². The molecule has 0 aliphatic carbocycles. The number of hydrogen-bond donors (Lipinski definition) is 1. The fraction of sp³-hybridized carbons (Fsp3) is 0.909. The molecule has 0 aromatic carbocycles. The minimum absolute atomic E-state index is 0.0699. The predicted octanol–water partition coefficient (Wildman–Crippen LogP) is 1.93. The van der Waals surface area contributed by atoms with Crippen LogP contribution in [0, 0.1) is 0 Å². The van der Waals surface area contributed by atoms with E-state index in [2.05, 4.69) is 5.32 Å². The zero-order valence-corrected chi connectivity index (χ0v) is 10.0. The van der Waals surface area contributed by atoms with E-state index in [0.717, 1.165) is 12.8 Å². The van der Waals surface area contributed by atoms with E-state index in [0.29, 0.717) is 19.6 Å². The number of nitrogens with one attached hydrogen (secondary N) is 1. The molecule has 1 amide bonds. The average Bonchev–Trinajstić information content (AvgIpc) is 2.24. The van der Waals surface area contributed by atoms with Crippen molar-refractivity contribution >= 4 is 5.91 Å². The second-order valence-corrected chi connectivity index (χ2v) is 4.45. The molecule has 0 atom stereocenters. The van der Waals surface area contributed by atoms with Crippen molar-refractivity contribution in [1.29, 1.82) is 0 Å². The number of carbonyl (C=O) groups excluding carboxylic acids is 1. The molecule has 3 nitrogen and oxygen atoms in total. The van der Waals surface area contributed by atoms with Gasteiger partial charge in [-0.05, 0) is 25.8 Å². The van der Waals surface area contributed by atoms with Gasteiger partial charge in [-0.1, -0.05) is 0 Å². The Morgan fingerprint density at radius 1 is 1.35 bits per heavy atom. The van der Waals surface area contributed by atoms with Crippen LogP contribution in [-0.4, -0.2) is 42.7 Å². The van der Waals surface area contributed by atoms with Gasteiger partial charge in [0, 0.05) is 32.5 Å². The standard InChI is InChI=1S/C11H19F3N2O/c1-9(17)16-7-3-10(4-8-16)15-6-2-5-11(12,13)14/h10,15H,2-8H2,1H3. The Kier molecular flexibility index (Phi) is 5.24. The second-order valence-electron chi connectivity index (χ2n) is 4.45. The topological polar surface area (TPSA) is 32.3 Å². The van der Waals surface area contributed by atoms with E-state index in [1.54, 1.807) is 4.90 Å². The molecule has 1 aliphatic heterocycles. The third-order valence-electron chi connectivity index (χ3n) is 3.01. The van der Waals surface area contributed by atoms with Crippen molar-refractivity contribution in [3.8, 4) is 0 Å². The Labute approximate surface area is 99.4 Å². The number of amides is 1. The summed E-state index contributed by atoms with van der Waals surface area (Å²) in [5.41, 5.74) is 0. The third-order valence-corrected chi connectivity index (χ3v) is 3.01. The second kappa shape index (κ2) is 6.23. The smallest absolute Gasteiger partial charge is 0.343 e. The molecule has 6 heteroatoms.